The van der Waals surface area contributed by atoms with E-state index < -0.39 is 10.0 Å². The van der Waals surface area contributed by atoms with Crippen LogP contribution < -0.4 is 10.5 Å². The van der Waals surface area contributed by atoms with Crippen LogP contribution in [0.15, 0.2) is 29.7 Å². The summed E-state index contributed by atoms with van der Waals surface area (Å²) < 4.78 is 25.0. The zero-order valence-corrected chi connectivity index (χ0v) is 10.1. The van der Waals surface area contributed by atoms with Gasteiger partial charge in [0, 0.05) is 23.5 Å². The first kappa shape index (κ1) is 13.2. The number of halogens is 1. The van der Waals surface area contributed by atoms with Gasteiger partial charge in [0.25, 0.3) is 0 Å². The summed E-state index contributed by atoms with van der Waals surface area (Å²) >= 11 is 5.70. The van der Waals surface area contributed by atoms with E-state index >= 15 is 0 Å². The van der Waals surface area contributed by atoms with Gasteiger partial charge in [0.1, 0.15) is 0 Å². The SMILES string of the molecule is NCCNS(=O)(=O)/C=C/c1ccc(Cl)cc1. The summed E-state index contributed by atoms with van der Waals surface area (Å²) in [6.45, 7) is 0.501. The third-order valence-electron chi connectivity index (χ3n) is 1.76. The summed E-state index contributed by atoms with van der Waals surface area (Å²) in [6.07, 6.45) is 1.50. The summed E-state index contributed by atoms with van der Waals surface area (Å²) in [4.78, 5) is 0. The molecule has 1 rings (SSSR count). The van der Waals surface area contributed by atoms with E-state index in [-0.39, 0.29) is 13.1 Å². The number of benzene rings is 1. The molecule has 0 spiro atoms. The fraction of sp³-hybridized carbons (Fsp3) is 0.200. The maximum absolute atomic E-state index is 11.4. The van der Waals surface area contributed by atoms with Gasteiger partial charge in [0.15, 0.2) is 0 Å². The largest absolute Gasteiger partial charge is 0.329 e. The van der Waals surface area contributed by atoms with Gasteiger partial charge < -0.3 is 5.73 Å². The first-order valence-electron chi connectivity index (χ1n) is 4.67. The van der Waals surface area contributed by atoms with Crippen molar-refractivity contribution in [2.45, 2.75) is 0 Å². The average molecular weight is 261 g/mol. The van der Waals surface area contributed by atoms with Crippen molar-refractivity contribution in [2.24, 2.45) is 5.73 Å². The molecule has 0 fully saturated rings. The van der Waals surface area contributed by atoms with Crippen LogP contribution in [-0.2, 0) is 10.0 Å². The molecule has 1 aromatic rings. The van der Waals surface area contributed by atoms with Crippen LogP contribution in [0.5, 0.6) is 0 Å². The van der Waals surface area contributed by atoms with Crippen LogP contribution >= 0.6 is 11.6 Å². The van der Waals surface area contributed by atoms with Gasteiger partial charge >= 0.3 is 0 Å². The minimum absolute atomic E-state index is 0.229. The van der Waals surface area contributed by atoms with E-state index in [0.29, 0.717) is 5.02 Å². The van der Waals surface area contributed by atoms with E-state index in [4.69, 9.17) is 17.3 Å². The summed E-state index contributed by atoms with van der Waals surface area (Å²) in [7, 11) is -3.40. The molecule has 0 bridgehead atoms. The van der Waals surface area contributed by atoms with Crippen LogP contribution in [0.1, 0.15) is 5.56 Å². The molecule has 16 heavy (non-hydrogen) atoms. The number of nitrogens with one attached hydrogen (secondary N) is 1. The van der Waals surface area contributed by atoms with E-state index in [0.717, 1.165) is 11.0 Å². The molecule has 0 aliphatic heterocycles. The lowest BCUT2D eigenvalue weighted by Gasteiger charge is -1.99. The predicted octanol–water partition coefficient (Wildman–Crippen LogP) is 1.19. The van der Waals surface area contributed by atoms with E-state index in [2.05, 4.69) is 4.72 Å². The summed E-state index contributed by atoms with van der Waals surface area (Å²) in [5.74, 6) is 0. The van der Waals surface area contributed by atoms with Gasteiger partial charge in [0.05, 0.1) is 0 Å². The van der Waals surface area contributed by atoms with Crippen molar-refractivity contribution in [1.29, 1.82) is 0 Å². The average Bonchev–Trinajstić information content (AvgIpc) is 2.26. The lowest BCUT2D eigenvalue weighted by Crippen LogP contribution is -2.27. The maximum atomic E-state index is 11.4. The standard InChI is InChI=1S/C10H13ClN2O2S/c11-10-3-1-9(2-4-10)5-8-16(14,15)13-7-6-12/h1-5,8,13H,6-7,12H2/b8-5+. The number of hydrogen-bond donors (Lipinski definition) is 2. The van der Waals surface area contributed by atoms with Gasteiger partial charge in [-0.05, 0) is 23.8 Å². The Morgan fingerprint density at radius 2 is 1.94 bits per heavy atom. The van der Waals surface area contributed by atoms with Gasteiger partial charge in [-0.1, -0.05) is 23.7 Å². The van der Waals surface area contributed by atoms with Crippen LogP contribution in [0.4, 0.5) is 0 Å². The zero-order valence-electron chi connectivity index (χ0n) is 8.56. The van der Waals surface area contributed by atoms with E-state index in [9.17, 15) is 8.42 Å². The molecule has 0 aromatic heterocycles. The van der Waals surface area contributed by atoms with Crippen molar-refractivity contribution in [3.05, 3.63) is 40.3 Å². The van der Waals surface area contributed by atoms with Gasteiger partial charge in [-0.3, -0.25) is 0 Å². The Hall–Kier alpha value is -0.880. The monoisotopic (exact) mass is 260 g/mol. The molecule has 6 heteroatoms. The molecule has 4 nitrogen and oxygen atoms in total. The highest BCUT2D eigenvalue weighted by atomic mass is 35.5. The second kappa shape index (κ2) is 6.00. The minimum Gasteiger partial charge on any atom is -0.329 e. The maximum Gasteiger partial charge on any atom is 0.233 e. The van der Waals surface area contributed by atoms with E-state index in [1.165, 1.54) is 6.08 Å². The second-order valence-corrected chi connectivity index (χ2v) is 5.17. The molecule has 0 saturated carbocycles. The Balaban J connectivity index is 2.69. The molecule has 1 aromatic carbocycles. The van der Waals surface area contributed by atoms with Crippen LogP contribution in [0.25, 0.3) is 6.08 Å². The van der Waals surface area contributed by atoms with Crippen molar-refractivity contribution in [1.82, 2.24) is 4.72 Å². The van der Waals surface area contributed by atoms with Crippen molar-refractivity contribution in [3.8, 4) is 0 Å². The summed E-state index contributed by atoms with van der Waals surface area (Å²) in [6, 6.07) is 6.86. The highest BCUT2D eigenvalue weighted by molar-refractivity contribution is 7.92. The van der Waals surface area contributed by atoms with Crippen molar-refractivity contribution >= 4 is 27.7 Å². The quantitative estimate of drug-likeness (QED) is 0.835. The Morgan fingerprint density at radius 1 is 1.31 bits per heavy atom. The van der Waals surface area contributed by atoms with Gasteiger partial charge in [-0.15, -0.1) is 0 Å². The highest BCUT2D eigenvalue weighted by Crippen LogP contribution is 2.10. The number of hydrogen-bond acceptors (Lipinski definition) is 3. The van der Waals surface area contributed by atoms with Crippen LogP contribution in [0.3, 0.4) is 0 Å². The summed E-state index contributed by atoms with van der Waals surface area (Å²) in [5, 5.41) is 1.72. The van der Waals surface area contributed by atoms with Crippen molar-refractivity contribution < 1.29 is 8.42 Å². The molecule has 0 aliphatic carbocycles. The second-order valence-electron chi connectivity index (χ2n) is 3.08. The lowest BCUT2D eigenvalue weighted by molar-refractivity contribution is 0.591. The number of sulfonamides is 1. The van der Waals surface area contributed by atoms with Crippen molar-refractivity contribution in [2.75, 3.05) is 13.1 Å². The number of rotatable bonds is 5. The molecule has 0 heterocycles. The Kier molecular flexibility index (Phi) is 4.95. The van der Waals surface area contributed by atoms with E-state index in [1.807, 2.05) is 0 Å². The molecule has 3 N–H and O–H groups in total. The van der Waals surface area contributed by atoms with Crippen LogP contribution in [0, 0.1) is 0 Å². The van der Waals surface area contributed by atoms with Gasteiger partial charge in [-0.2, -0.15) is 0 Å². The molecule has 0 radical (unpaired) electrons. The highest BCUT2D eigenvalue weighted by Gasteiger charge is 2.02. The minimum atomic E-state index is -3.40. The molecule has 0 saturated heterocycles. The normalized spacial score (nSPS) is 12.1. The third kappa shape index (κ3) is 4.76. The fourth-order valence-electron chi connectivity index (χ4n) is 0.991. The van der Waals surface area contributed by atoms with Gasteiger partial charge in [0.2, 0.25) is 10.0 Å². The first-order chi connectivity index (χ1) is 7.53. The molecule has 0 aliphatic rings. The predicted molar refractivity (Wildman–Crippen MR) is 66.5 cm³/mol. The Bertz CT molecular complexity index is 454. The fourth-order valence-corrected chi connectivity index (χ4v) is 1.95. The van der Waals surface area contributed by atoms with E-state index in [1.54, 1.807) is 24.3 Å². The first-order valence-corrected chi connectivity index (χ1v) is 6.59. The molecular formula is C10H13ClN2O2S. The third-order valence-corrected chi connectivity index (χ3v) is 3.11. The Morgan fingerprint density at radius 3 is 2.50 bits per heavy atom. The molecule has 88 valence electrons. The number of nitrogens with two attached hydrogens (primary N) is 1. The molecule has 0 atom stereocenters. The summed E-state index contributed by atoms with van der Waals surface area (Å²) in [5.41, 5.74) is 5.96. The topological polar surface area (TPSA) is 72.2 Å². The van der Waals surface area contributed by atoms with Crippen LogP contribution in [-0.4, -0.2) is 21.5 Å². The lowest BCUT2D eigenvalue weighted by atomic mass is 10.2. The Labute approximate surface area is 100 Å². The molecular weight excluding hydrogens is 248 g/mol. The van der Waals surface area contributed by atoms with Crippen LogP contribution in [0.2, 0.25) is 5.02 Å². The smallest absolute Gasteiger partial charge is 0.233 e. The van der Waals surface area contributed by atoms with Gasteiger partial charge in [-0.25, -0.2) is 13.1 Å². The molecule has 0 amide bonds. The zero-order chi connectivity index (χ0) is 12.0. The van der Waals surface area contributed by atoms with Crippen molar-refractivity contribution in [3.63, 3.8) is 0 Å². The molecule has 0 unspecified atom stereocenters.